The van der Waals surface area contributed by atoms with Crippen LogP contribution in [0.25, 0.3) is 0 Å². The Bertz CT molecular complexity index is 248. The summed E-state index contributed by atoms with van der Waals surface area (Å²) in [6.45, 7) is 3.58. The lowest BCUT2D eigenvalue weighted by atomic mass is 10.3. The van der Waals surface area contributed by atoms with E-state index in [4.69, 9.17) is 4.74 Å². The van der Waals surface area contributed by atoms with Crippen LogP contribution in [-0.4, -0.2) is 13.3 Å². The fourth-order valence-corrected chi connectivity index (χ4v) is 1.04. The summed E-state index contributed by atoms with van der Waals surface area (Å²) in [5.74, 6) is 0.451. The molecule has 0 atom stereocenters. The van der Waals surface area contributed by atoms with Crippen molar-refractivity contribution in [2.75, 3.05) is 13.3 Å². The van der Waals surface area contributed by atoms with Gasteiger partial charge in [0, 0.05) is 0 Å². The predicted molar refractivity (Wildman–Crippen MR) is 54.8 cm³/mol. The third-order valence-corrected chi connectivity index (χ3v) is 1.86. The average Bonchev–Trinajstić information content (AvgIpc) is 2.21. The second kappa shape index (κ2) is 6.38. The van der Waals surface area contributed by atoms with Crippen molar-refractivity contribution in [1.82, 2.24) is 5.32 Å². The van der Waals surface area contributed by atoms with E-state index in [1.54, 1.807) is 12.1 Å². The molecule has 3 heteroatoms. The molecule has 0 aromatic heterocycles. The van der Waals surface area contributed by atoms with Crippen molar-refractivity contribution in [3.05, 3.63) is 30.1 Å². The smallest absolute Gasteiger partial charge is 0.139 e. The minimum Gasteiger partial charge on any atom is -0.478 e. The van der Waals surface area contributed by atoms with Gasteiger partial charge in [0.15, 0.2) is 0 Å². The minimum absolute atomic E-state index is 0.240. The Balaban J connectivity index is 2.15. The van der Waals surface area contributed by atoms with Gasteiger partial charge < -0.3 is 4.74 Å². The Morgan fingerprint density at radius 1 is 1.29 bits per heavy atom. The number of hydrogen-bond acceptors (Lipinski definition) is 2. The molecule has 0 heterocycles. The number of hydrogen-bond donors (Lipinski definition) is 1. The molecule has 0 aliphatic rings. The highest BCUT2D eigenvalue weighted by molar-refractivity contribution is 5.21. The molecular weight excluding hydrogens is 181 g/mol. The summed E-state index contributed by atoms with van der Waals surface area (Å²) in [7, 11) is 0. The third-order valence-electron chi connectivity index (χ3n) is 1.86. The second-order valence-corrected chi connectivity index (χ2v) is 3.10. The first kappa shape index (κ1) is 11.0. The van der Waals surface area contributed by atoms with Gasteiger partial charge in [-0.25, -0.2) is 4.39 Å². The number of nitrogens with one attached hydrogen (secondary N) is 1. The monoisotopic (exact) mass is 197 g/mol. The van der Waals surface area contributed by atoms with Crippen LogP contribution in [-0.2, 0) is 0 Å². The van der Waals surface area contributed by atoms with Crippen molar-refractivity contribution >= 4 is 0 Å². The van der Waals surface area contributed by atoms with E-state index >= 15 is 0 Å². The van der Waals surface area contributed by atoms with Crippen LogP contribution >= 0.6 is 0 Å². The Labute approximate surface area is 84.1 Å². The lowest BCUT2D eigenvalue weighted by Gasteiger charge is -2.06. The Morgan fingerprint density at radius 2 is 2.00 bits per heavy atom. The van der Waals surface area contributed by atoms with Crippen LogP contribution in [0.15, 0.2) is 24.3 Å². The molecule has 0 unspecified atom stereocenters. The molecule has 2 nitrogen and oxygen atoms in total. The standard InChI is InChI=1S/C11H16FNO/c1-2-3-8-13-9-14-11-6-4-10(12)5-7-11/h4-7,13H,2-3,8-9H2,1H3. The van der Waals surface area contributed by atoms with Gasteiger partial charge in [0.05, 0.1) is 0 Å². The number of rotatable bonds is 6. The molecule has 0 spiro atoms. The van der Waals surface area contributed by atoms with Crippen LogP contribution in [0.4, 0.5) is 4.39 Å². The summed E-state index contributed by atoms with van der Waals surface area (Å²) in [4.78, 5) is 0. The highest BCUT2D eigenvalue weighted by Gasteiger charge is 1.93. The summed E-state index contributed by atoms with van der Waals surface area (Å²) in [5.41, 5.74) is 0. The lowest BCUT2D eigenvalue weighted by Crippen LogP contribution is -2.21. The quantitative estimate of drug-likeness (QED) is 0.559. The first-order chi connectivity index (χ1) is 6.83. The van der Waals surface area contributed by atoms with Crippen LogP contribution in [0, 0.1) is 5.82 Å². The van der Waals surface area contributed by atoms with Crippen molar-refractivity contribution in [3.8, 4) is 5.75 Å². The Hall–Kier alpha value is -1.09. The van der Waals surface area contributed by atoms with Gasteiger partial charge in [0.1, 0.15) is 18.3 Å². The molecule has 78 valence electrons. The zero-order valence-electron chi connectivity index (χ0n) is 8.42. The molecule has 0 saturated heterocycles. The maximum atomic E-state index is 12.5. The molecule has 1 aromatic rings. The third kappa shape index (κ3) is 4.23. The van der Waals surface area contributed by atoms with E-state index in [0.29, 0.717) is 12.5 Å². The number of ether oxygens (including phenoxy) is 1. The van der Waals surface area contributed by atoms with Gasteiger partial charge in [-0.2, -0.15) is 0 Å². The van der Waals surface area contributed by atoms with Gasteiger partial charge in [-0.3, -0.25) is 5.32 Å². The van der Waals surface area contributed by atoms with Gasteiger partial charge in [0.2, 0.25) is 0 Å². The fraction of sp³-hybridized carbons (Fsp3) is 0.455. The van der Waals surface area contributed by atoms with Crippen molar-refractivity contribution in [2.24, 2.45) is 0 Å². The van der Waals surface area contributed by atoms with Crippen LogP contribution in [0.3, 0.4) is 0 Å². The lowest BCUT2D eigenvalue weighted by molar-refractivity contribution is 0.282. The minimum atomic E-state index is -0.240. The normalized spacial score (nSPS) is 10.1. The summed E-state index contributed by atoms with van der Waals surface area (Å²) in [5, 5.41) is 3.13. The van der Waals surface area contributed by atoms with Gasteiger partial charge in [-0.15, -0.1) is 0 Å². The van der Waals surface area contributed by atoms with Gasteiger partial charge in [-0.05, 0) is 37.2 Å². The molecule has 0 bridgehead atoms. The molecule has 0 saturated carbocycles. The molecule has 0 fully saturated rings. The van der Waals surface area contributed by atoms with E-state index in [9.17, 15) is 4.39 Å². The molecular formula is C11H16FNO. The highest BCUT2D eigenvalue weighted by Crippen LogP contribution is 2.10. The zero-order valence-corrected chi connectivity index (χ0v) is 8.42. The largest absolute Gasteiger partial charge is 0.478 e. The summed E-state index contributed by atoms with van der Waals surface area (Å²) < 4.78 is 17.8. The first-order valence-electron chi connectivity index (χ1n) is 4.92. The van der Waals surface area contributed by atoms with Crippen LogP contribution in [0.1, 0.15) is 19.8 Å². The van der Waals surface area contributed by atoms with Crippen LogP contribution < -0.4 is 10.1 Å². The van der Waals surface area contributed by atoms with Crippen molar-refractivity contribution < 1.29 is 9.13 Å². The summed E-state index contributed by atoms with van der Waals surface area (Å²) >= 11 is 0. The maximum absolute atomic E-state index is 12.5. The number of unbranched alkanes of at least 4 members (excludes halogenated alkanes) is 1. The van der Waals surface area contributed by atoms with E-state index in [1.807, 2.05) is 0 Å². The molecule has 0 aliphatic heterocycles. The predicted octanol–water partition coefficient (Wildman–Crippen LogP) is 2.55. The highest BCUT2D eigenvalue weighted by atomic mass is 19.1. The molecule has 0 amide bonds. The fourth-order valence-electron chi connectivity index (χ4n) is 1.04. The first-order valence-corrected chi connectivity index (χ1v) is 4.92. The molecule has 1 aromatic carbocycles. The summed E-state index contributed by atoms with van der Waals surface area (Å²) in [6.07, 6.45) is 2.32. The van der Waals surface area contributed by atoms with Gasteiger partial charge in [0.25, 0.3) is 0 Å². The maximum Gasteiger partial charge on any atom is 0.139 e. The SMILES string of the molecule is CCCCNCOc1ccc(F)cc1. The van der Waals surface area contributed by atoms with Gasteiger partial charge in [-0.1, -0.05) is 13.3 Å². The van der Waals surface area contributed by atoms with Crippen molar-refractivity contribution in [3.63, 3.8) is 0 Å². The van der Waals surface area contributed by atoms with Crippen molar-refractivity contribution in [1.29, 1.82) is 0 Å². The Morgan fingerprint density at radius 3 is 2.64 bits per heavy atom. The molecule has 0 aliphatic carbocycles. The number of halogens is 1. The van der Waals surface area contributed by atoms with E-state index in [2.05, 4.69) is 12.2 Å². The summed E-state index contributed by atoms with van der Waals surface area (Å²) in [6, 6.07) is 6.02. The average molecular weight is 197 g/mol. The zero-order chi connectivity index (χ0) is 10.2. The van der Waals surface area contributed by atoms with E-state index in [-0.39, 0.29) is 5.82 Å². The van der Waals surface area contributed by atoms with E-state index in [1.165, 1.54) is 18.6 Å². The molecule has 1 N–H and O–H groups in total. The Kier molecular flexibility index (Phi) is 5.00. The molecule has 14 heavy (non-hydrogen) atoms. The van der Waals surface area contributed by atoms with Crippen molar-refractivity contribution in [2.45, 2.75) is 19.8 Å². The topological polar surface area (TPSA) is 21.3 Å². The van der Waals surface area contributed by atoms with Crippen LogP contribution in [0.2, 0.25) is 0 Å². The van der Waals surface area contributed by atoms with E-state index in [0.717, 1.165) is 13.0 Å². The molecule has 0 radical (unpaired) electrons. The molecule has 1 rings (SSSR count). The van der Waals surface area contributed by atoms with Crippen LogP contribution in [0.5, 0.6) is 5.75 Å². The van der Waals surface area contributed by atoms with Gasteiger partial charge >= 0.3 is 0 Å². The second-order valence-electron chi connectivity index (χ2n) is 3.10. The number of benzene rings is 1. The van der Waals surface area contributed by atoms with E-state index < -0.39 is 0 Å².